The van der Waals surface area contributed by atoms with E-state index in [-0.39, 0.29) is 0 Å². The van der Waals surface area contributed by atoms with Crippen LogP contribution in [0.2, 0.25) is 0 Å². The van der Waals surface area contributed by atoms with Crippen molar-refractivity contribution in [2.24, 2.45) is 5.92 Å². The topological polar surface area (TPSA) is 61.4 Å². The number of hydrogen-bond donors (Lipinski definition) is 2. The van der Waals surface area contributed by atoms with Crippen molar-refractivity contribution >= 4 is 21.6 Å². The molecule has 0 unspecified atom stereocenters. The van der Waals surface area contributed by atoms with Gasteiger partial charge in [-0.3, -0.25) is 4.72 Å². The Bertz CT molecular complexity index is 467. The Morgan fingerprint density at radius 3 is 2.06 bits per heavy atom. The zero-order valence-electron chi connectivity index (χ0n) is 11.3. The molecule has 1 aromatic rings. The van der Waals surface area contributed by atoms with Crippen LogP contribution in [0.4, 0.5) is 11.4 Å². The number of anilines is 2. The summed E-state index contributed by atoms with van der Waals surface area (Å²) in [5.74, 6) is 0.567. The molecule has 0 aliphatic carbocycles. The Morgan fingerprint density at radius 1 is 1.11 bits per heavy atom. The minimum absolute atomic E-state index is 0.554. The summed E-state index contributed by atoms with van der Waals surface area (Å²) >= 11 is 0. The van der Waals surface area contributed by atoms with Gasteiger partial charge in [-0.05, 0) is 30.2 Å². The SMILES string of the molecule is CC(C)CNc1ccc(NS(=O)(=O)N(C)C)cc1. The second kappa shape index (κ2) is 6.06. The zero-order valence-corrected chi connectivity index (χ0v) is 12.1. The van der Waals surface area contributed by atoms with Crippen LogP contribution in [0.15, 0.2) is 24.3 Å². The quantitative estimate of drug-likeness (QED) is 0.831. The van der Waals surface area contributed by atoms with Crippen LogP contribution in [0.3, 0.4) is 0 Å². The molecule has 0 aliphatic rings. The van der Waals surface area contributed by atoms with E-state index in [0.717, 1.165) is 16.5 Å². The van der Waals surface area contributed by atoms with Crippen molar-refractivity contribution in [3.63, 3.8) is 0 Å². The second-order valence-corrected chi connectivity index (χ2v) is 6.63. The van der Waals surface area contributed by atoms with E-state index in [1.807, 2.05) is 12.1 Å². The van der Waals surface area contributed by atoms with E-state index in [2.05, 4.69) is 23.9 Å². The number of benzene rings is 1. The summed E-state index contributed by atoms with van der Waals surface area (Å²) in [6, 6.07) is 7.19. The van der Waals surface area contributed by atoms with Gasteiger partial charge in [0, 0.05) is 32.0 Å². The van der Waals surface area contributed by atoms with Crippen molar-refractivity contribution < 1.29 is 8.42 Å². The number of nitrogens with one attached hydrogen (secondary N) is 2. The summed E-state index contributed by atoms with van der Waals surface area (Å²) in [6.45, 7) is 5.15. The molecule has 1 aromatic carbocycles. The molecule has 0 bridgehead atoms. The van der Waals surface area contributed by atoms with E-state index in [9.17, 15) is 8.42 Å². The molecule has 0 spiro atoms. The molecule has 0 radical (unpaired) electrons. The second-order valence-electron chi connectivity index (χ2n) is 4.74. The first-order valence-electron chi connectivity index (χ1n) is 5.85. The predicted molar refractivity (Wildman–Crippen MR) is 76.0 cm³/mol. The zero-order chi connectivity index (χ0) is 13.8. The van der Waals surface area contributed by atoms with E-state index in [4.69, 9.17) is 0 Å². The van der Waals surface area contributed by atoms with Gasteiger partial charge in [0.1, 0.15) is 0 Å². The largest absolute Gasteiger partial charge is 0.385 e. The summed E-state index contributed by atoms with van der Waals surface area (Å²) in [4.78, 5) is 0. The third kappa shape index (κ3) is 4.54. The average molecular weight is 271 g/mol. The maximum atomic E-state index is 11.6. The predicted octanol–water partition coefficient (Wildman–Crippen LogP) is 1.97. The molecule has 6 heteroatoms. The third-order valence-corrected chi connectivity index (χ3v) is 3.78. The Balaban J connectivity index is 2.66. The molecule has 0 fully saturated rings. The molecular weight excluding hydrogens is 250 g/mol. The maximum absolute atomic E-state index is 11.6. The lowest BCUT2D eigenvalue weighted by Gasteiger charge is -2.14. The minimum atomic E-state index is -3.43. The van der Waals surface area contributed by atoms with Crippen LogP contribution in [-0.4, -0.2) is 33.4 Å². The number of rotatable bonds is 6. The first-order valence-corrected chi connectivity index (χ1v) is 7.29. The van der Waals surface area contributed by atoms with Crippen molar-refractivity contribution in [2.45, 2.75) is 13.8 Å². The molecule has 0 saturated carbocycles. The van der Waals surface area contributed by atoms with Gasteiger partial charge < -0.3 is 5.32 Å². The van der Waals surface area contributed by atoms with Crippen LogP contribution in [-0.2, 0) is 10.2 Å². The number of nitrogens with zero attached hydrogens (tertiary/aromatic N) is 1. The lowest BCUT2D eigenvalue weighted by atomic mass is 10.2. The Labute approximate surface area is 109 Å². The van der Waals surface area contributed by atoms with E-state index < -0.39 is 10.2 Å². The summed E-state index contributed by atoms with van der Waals surface area (Å²) < 4.78 is 26.8. The van der Waals surface area contributed by atoms with Crippen LogP contribution in [0.5, 0.6) is 0 Å². The number of hydrogen-bond acceptors (Lipinski definition) is 3. The van der Waals surface area contributed by atoms with Gasteiger partial charge in [-0.15, -0.1) is 0 Å². The van der Waals surface area contributed by atoms with Crippen LogP contribution >= 0.6 is 0 Å². The van der Waals surface area contributed by atoms with E-state index >= 15 is 0 Å². The first-order chi connectivity index (χ1) is 8.31. The fraction of sp³-hybridized carbons (Fsp3) is 0.500. The summed E-state index contributed by atoms with van der Waals surface area (Å²) in [7, 11) is -0.453. The highest BCUT2D eigenvalue weighted by Crippen LogP contribution is 2.15. The maximum Gasteiger partial charge on any atom is 0.301 e. The van der Waals surface area contributed by atoms with Gasteiger partial charge in [0.2, 0.25) is 0 Å². The first kappa shape index (κ1) is 14.8. The van der Waals surface area contributed by atoms with Gasteiger partial charge in [-0.1, -0.05) is 13.8 Å². The van der Waals surface area contributed by atoms with Crippen LogP contribution in [0.1, 0.15) is 13.8 Å². The lowest BCUT2D eigenvalue weighted by Crippen LogP contribution is -2.28. The minimum Gasteiger partial charge on any atom is -0.385 e. The molecule has 2 N–H and O–H groups in total. The smallest absolute Gasteiger partial charge is 0.301 e. The van der Waals surface area contributed by atoms with Gasteiger partial charge in [0.15, 0.2) is 0 Å². The molecule has 0 atom stereocenters. The summed E-state index contributed by atoms with van der Waals surface area (Å²) in [5, 5.41) is 3.27. The van der Waals surface area contributed by atoms with E-state index in [0.29, 0.717) is 11.6 Å². The summed E-state index contributed by atoms with van der Waals surface area (Å²) in [6.07, 6.45) is 0. The van der Waals surface area contributed by atoms with E-state index in [1.54, 1.807) is 12.1 Å². The fourth-order valence-corrected chi connectivity index (χ4v) is 1.83. The molecule has 0 amide bonds. The Kier molecular flexibility index (Phi) is 4.98. The Hall–Kier alpha value is -1.27. The van der Waals surface area contributed by atoms with Crippen molar-refractivity contribution in [1.29, 1.82) is 0 Å². The highest BCUT2D eigenvalue weighted by molar-refractivity contribution is 7.90. The van der Waals surface area contributed by atoms with Gasteiger partial charge in [0.25, 0.3) is 0 Å². The van der Waals surface area contributed by atoms with E-state index in [1.165, 1.54) is 14.1 Å². The van der Waals surface area contributed by atoms with Crippen molar-refractivity contribution in [1.82, 2.24) is 4.31 Å². The molecule has 0 aromatic heterocycles. The van der Waals surface area contributed by atoms with Crippen LogP contribution in [0, 0.1) is 5.92 Å². The van der Waals surface area contributed by atoms with Crippen molar-refractivity contribution in [3.05, 3.63) is 24.3 Å². The molecule has 0 saturated heterocycles. The van der Waals surface area contributed by atoms with Crippen molar-refractivity contribution in [3.8, 4) is 0 Å². The van der Waals surface area contributed by atoms with Gasteiger partial charge in [-0.2, -0.15) is 12.7 Å². The summed E-state index contributed by atoms with van der Waals surface area (Å²) in [5.41, 5.74) is 1.54. The highest BCUT2D eigenvalue weighted by Gasteiger charge is 2.12. The normalized spacial score (nSPS) is 11.9. The molecular formula is C12H21N3O2S. The molecule has 0 heterocycles. The average Bonchev–Trinajstić information content (AvgIpc) is 2.27. The Morgan fingerprint density at radius 2 is 1.61 bits per heavy atom. The monoisotopic (exact) mass is 271 g/mol. The highest BCUT2D eigenvalue weighted by atomic mass is 32.2. The standard InChI is InChI=1S/C12H21N3O2S/c1-10(2)9-13-11-5-7-12(8-6-11)14-18(16,17)15(3)4/h5-8,10,13-14H,9H2,1-4H3. The molecule has 0 aliphatic heterocycles. The lowest BCUT2D eigenvalue weighted by molar-refractivity contribution is 0.527. The van der Waals surface area contributed by atoms with Crippen LogP contribution < -0.4 is 10.0 Å². The molecule has 5 nitrogen and oxygen atoms in total. The van der Waals surface area contributed by atoms with Crippen LogP contribution in [0.25, 0.3) is 0 Å². The van der Waals surface area contributed by atoms with Gasteiger partial charge in [0.05, 0.1) is 0 Å². The van der Waals surface area contributed by atoms with Crippen molar-refractivity contribution in [2.75, 3.05) is 30.7 Å². The molecule has 18 heavy (non-hydrogen) atoms. The fourth-order valence-electron chi connectivity index (χ4n) is 1.22. The molecule has 102 valence electrons. The third-order valence-electron chi connectivity index (χ3n) is 2.33. The van der Waals surface area contributed by atoms with Gasteiger partial charge >= 0.3 is 10.2 Å². The van der Waals surface area contributed by atoms with Gasteiger partial charge in [-0.25, -0.2) is 0 Å². The molecule has 1 rings (SSSR count).